The molecule has 1 aromatic carbocycles. The molecular formula is C14H23NO5S. The van der Waals surface area contributed by atoms with Gasteiger partial charge in [-0.1, -0.05) is 13.8 Å². The number of sulfonamides is 1. The van der Waals surface area contributed by atoms with Gasteiger partial charge in [-0.05, 0) is 24.5 Å². The van der Waals surface area contributed by atoms with Gasteiger partial charge in [0.25, 0.3) is 0 Å². The van der Waals surface area contributed by atoms with E-state index in [4.69, 9.17) is 14.6 Å². The van der Waals surface area contributed by atoms with Gasteiger partial charge >= 0.3 is 0 Å². The highest BCUT2D eigenvalue weighted by Crippen LogP contribution is 2.28. The van der Waals surface area contributed by atoms with Gasteiger partial charge in [-0.15, -0.1) is 0 Å². The fourth-order valence-corrected chi connectivity index (χ4v) is 3.50. The molecule has 0 saturated carbocycles. The Labute approximate surface area is 126 Å². The molecule has 0 fully saturated rings. The molecule has 21 heavy (non-hydrogen) atoms. The highest BCUT2D eigenvalue weighted by molar-refractivity contribution is 7.89. The number of hydrogen-bond acceptors (Lipinski definition) is 5. The van der Waals surface area contributed by atoms with E-state index in [9.17, 15) is 8.42 Å². The summed E-state index contributed by atoms with van der Waals surface area (Å²) in [6, 6.07) is 4.18. The van der Waals surface area contributed by atoms with Crippen LogP contribution in [-0.4, -0.2) is 40.4 Å². The molecule has 0 amide bonds. The Bertz CT molecular complexity index is 556. The van der Waals surface area contributed by atoms with Gasteiger partial charge in [-0.3, -0.25) is 0 Å². The summed E-state index contributed by atoms with van der Waals surface area (Å²) in [6.45, 7) is 3.72. The van der Waals surface area contributed by atoms with Crippen LogP contribution in [0.3, 0.4) is 0 Å². The summed E-state index contributed by atoms with van der Waals surface area (Å²) in [7, 11) is -0.835. The van der Waals surface area contributed by atoms with E-state index in [2.05, 4.69) is 4.72 Å². The maximum absolute atomic E-state index is 12.5. The molecule has 1 rings (SSSR count). The van der Waals surface area contributed by atoms with Crippen molar-refractivity contribution in [3.8, 4) is 11.5 Å². The third-order valence-corrected chi connectivity index (χ3v) is 4.74. The van der Waals surface area contributed by atoms with Crippen LogP contribution in [0.5, 0.6) is 11.5 Å². The highest BCUT2D eigenvalue weighted by atomic mass is 32.2. The van der Waals surface area contributed by atoms with Crippen molar-refractivity contribution in [2.75, 3.05) is 20.8 Å². The molecule has 0 spiro atoms. The Kier molecular flexibility index (Phi) is 6.44. The standard InChI is InChI=1S/C14H23NO5S/c1-10(2)12(7-8-16)15-21(17,18)14-6-5-11(19-3)9-13(14)20-4/h5-6,9-10,12,15-16H,7-8H2,1-4H3. The topological polar surface area (TPSA) is 84.9 Å². The first kappa shape index (κ1) is 17.7. The molecule has 1 unspecified atom stereocenters. The number of methoxy groups -OCH3 is 2. The van der Waals surface area contributed by atoms with Gasteiger partial charge in [0.2, 0.25) is 10.0 Å². The average molecular weight is 317 g/mol. The molecule has 0 heterocycles. The predicted octanol–water partition coefficient (Wildman–Crippen LogP) is 1.39. The second kappa shape index (κ2) is 7.63. The predicted molar refractivity (Wildman–Crippen MR) is 80.2 cm³/mol. The van der Waals surface area contributed by atoms with Crippen LogP contribution >= 0.6 is 0 Å². The first-order chi connectivity index (χ1) is 9.85. The number of rotatable bonds is 8. The molecule has 0 bridgehead atoms. The molecule has 0 radical (unpaired) electrons. The van der Waals surface area contributed by atoms with Crippen LogP contribution in [0.15, 0.2) is 23.1 Å². The van der Waals surface area contributed by atoms with Gasteiger partial charge < -0.3 is 14.6 Å². The number of aliphatic hydroxyl groups excluding tert-OH is 1. The van der Waals surface area contributed by atoms with Gasteiger partial charge in [0.15, 0.2) is 0 Å². The summed E-state index contributed by atoms with van der Waals surface area (Å²) in [4.78, 5) is 0.0504. The monoisotopic (exact) mass is 317 g/mol. The zero-order valence-corrected chi connectivity index (χ0v) is 13.6. The number of nitrogens with one attached hydrogen (secondary N) is 1. The van der Waals surface area contributed by atoms with Crippen LogP contribution in [0.1, 0.15) is 20.3 Å². The number of hydrogen-bond donors (Lipinski definition) is 2. The molecule has 120 valence electrons. The molecule has 2 N–H and O–H groups in total. The number of ether oxygens (including phenoxy) is 2. The summed E-state index contributed by atoms with van der Waals surface area (Å²) in [5.41, 5.74) is 0. The first-order valence-electron chi connectivity index (χ1n) is 6.71. The van der Waals surface area contributed by atoms with Gasteiger partial charge in [0, 0.05) is 18.7 Å². The van der Waals surface area contributed by atoms with Crippen LogP contribution in [-0.2, 0) is 10.0 Å². The van der Waals surface area contributed by atoms with E-state index in [-0.39, 0.29) is 29.2 Å². The SMILES string of the molecule is COc1ccc(S(=O)(=O)NC(CCO)C(C)C)c(OC)c1. The molecule has 1 aromatic rings. The summed E-state index contributed by atoms with van der Waals surface area (Å²) in [5, 5.41) is 9.05. The van der Waals surface area contributed by atoms with Crippen molar-refractivity contribution < 1.29 is 23.0 Å². The van der Waals surface area contributed by atoms with Crippen molar-refractivity contribution in [2.45, 2.75) is 31.2 Å². The Morgan fingerprint density at radius 1 is 1.24 bits per heavy atom. The van der Waals surface area contributed by atoms with E-state index in [0.29, 0.717) is 12.2 Å². The van der Waals surface area contributed by atoms with E-state index in [1.165, 1.54) is 26.4 Å². The summed E-state index contributed by atoms with van der Waals surface area (Å²) < 4.78 is 37.8. The summed E-state index contributed by atoms with van der Waals surface area (Å²) in [6.07, 6.45) is 0.357. The lowest BCUT2D eigenvalue weighted by atomic mass is 10.0. The number of benzene rings is 1. The molecular weight excluding hydrogens is 294 g/mol. The number of aliphatic hydroxyl groups is 1. The van der Waals surface area contributed by atoms with Gasteiger partial charge in [0.05, 0.1) is 14.2 Å². The Morgan fingerprint density at radius 3 is 2.38 bits per heavy atom. The van der Waals surface area contributed by atoms with Crippen LogP contribution in [0, 0.1) is 5.92 Å². The highest BCUT2D eigenvalue weighted by Gasteiger charge is 2.25. The normalized spacial score (nSPS) is 13.2. The van der Waals surface area contributed by atoms with E-state index in [1.807, 2.05) is 13.8 Å². The smallest absolute Gasteiger partial charge is 0.244 e. The average Bonchev–Trinajstić information content (AvgIpc) is 2.45. The first-order valence-corrected chi connectivity index (χ1v) is 8.19. The molecule has 0 aliphatic rings. The Morgan fingerprint density at radius 2 is 1.90 bits per heavy atom. The molecule has 0 aliphatic heterocycles. The third-order valence-electron chi connectivity index (χ3n) is 3.21. The fourth-order valence-electron chi connectivity index (χ4n) is 1.93. The third kappa shape index (κ3) is 4.59. The fraction of sp³-hybridized carbons (Fsp3) is 0.571. The van der Waals surface area contributed by atoms with Crippen molar-refractivity contribution in [2.24, 2.45) is 5.92 Å². The summed E-state index contributed by atoms with van der Waals surface area (Å²) >= 11 is 0. The van der Waals surface area contributed by atoms with Crippen LogP contribution < -0.4 is 14.2 Å². The lowest BCUT2D eigenvalue weighted by Gasteiger charge is -2.22. The van der Waals surface area contributed by atoms with Crippen molar-refractivity contribution in [3.63, 3.8) is 0 Å². The van der Waals surface area contributed by atoms with Crippen LogP contribution in [0.4, 0.5) is 0 Å². The zero-order valence-electron chi connectivity index (χ0n) is 12.8. The van der Waals surface area contributed by atoms with E-state index in [0.717, 1.165) is 0 Å². The van der Waals surface area contributed by atoms with Gasteiger partial charge in [-0.2, -0.15) is 0 Å². The maximum atomic E-state index is 12.5. The molecule has 0 aliphatic carbocycles. The van der Waals surface area contributed by atoms with Gasteiger partial charge in [0.1, 0.15) is 16.4 Å². The molecule has 0 aromatic heterocycles. The lowest BCUT2D eigenvalue weighted by Crippen LogP contribution is -2.39. The molecule has 7 heteroatoms. The van der Waals surface area contributed by atoms with Crippen molar-refractivity contribution in [1.82, 2.24) is 4.72 Å². The van der Waals surface area contributed by atoms with E-state index < -0.39 is 10.0 Å². The minimum absolute atomic E-state index is 0.0504. The van der Waals surface area contributed by atoms with Crippen LogP contribution in [0.25, 0.3) is 0 Å². The van der Waals surface area contributed by atoms with Crippen molar-refractivity contribution in [1.29, 1.82) is 0 Å². The van der Waals surface area contributed by atoms with Crippen molar-refractivity contribution in [3.05, 3.63) is 18.2 Å². The minimum Gasteiger partial charge on any atom is -0.497 e. The second-order valence-electron chi connectivity index (χ2n) is 5.00. The van der Waals surface area contributed by atoms with Gasteiger partial charge in [-0.25, -0.2) is 13.1 Å². The summed E-state index contributed by atoms with van der Waals surface area (Å²) in [5.74, 6) is 0.797. The minimum atomic E-state index is -3.74. The quantitative estimate of drug-likeness (QED) is 0.757. The zero-order chi connectivity index (χ0) is 16.0. The van der Waals surface area contributed by atoms with Crippen molar-refractivity contribution >= 4 is 10.0 Å². The van der Waals surface area contributed by atoms with E-state index >= 15 is 0 Å². The Balaban J connectivity index is 3.12. The molecule has 0 saturated heterocycles. The largest absolute Gasteiger partial charge is 0.497 e. The van der Waals surface area contributed by atoms with Crippen LogP contribution in [0.2, 0.25) is 0 Å². The maximum Gasteiger partial charge on any atom is 0.244 e. The molecule has 1 atom stereocenters. The van der Waals surface area contributed by atoms with E-state index in [1.54, 1.807) is 6.07 Å². The lowest BCUT2D eigenvalue weighted by molar-refractivity contribution is 0.255. The second-order valence-corrected chi connectivity index (χ2v) is 6.68. The Hall–Kier alpha value is -1.31. The molecule has 6 nitrogen and oxygen atoms in total.